The zero-order valence-electron chi connectivity index (χ0n) is 11.6. The van der Waals surface area contributed by atoms with Crippen LogP contribution in [0.25, 0.3) is 0 Å². The van der Waals surface area contributed by atoms with Crippen LogP contribution in [-0.4, -0.2) is 22.9 Å². The van der Waals surface area contributed by atoms with Crippen molar-refractivity contribution in [2.45, 2.75) is 32.8 Å². The molecule has 0 unspecified atom stereocenters. The molecule has 0 amide bonds. The highest BCUT2D eigenvalue weighted by Gasteiger charge is 2.15. The first-order valence-electron chi connectivity index (χ1n) is 6.73. The van der Waals surface area contributed by atoms with E-state index in [9.17, 15) is 14.6 Å². The second-order valence-corrected chi connectivity index (χ2v) is 5.33. The molecule has 0 aromatic heterocycles. The standard InChI is InChI=1S/C16H23FO2/c1-12(2)8-14(11-18)9-15(17)16(19)10-13-6-4-3-5-7-13/h3-7,9,12,14,16,18-19H,8,10-11H2,1-2H3/b15-9-/t14-,16-/m1/s1. The smallest absolute Gasteiger partial charge is 0.125 e. The largest absolute Gasteiger partial charge is 0.396 e. The highest BCUT2D eigenvalue weighted by molar-refractivity contribution is 5.18. The van der Waals surface area contributed by atoms with E-state index in [2.05, 4.69) is 0 Å². The third-order valence-electron chi connectivity index (χ3n) is 2.99. The summed E-state index contributed by atoms with van der Waals surface area (Å²) in [6, 6.07) is 9.31. The zero-order valence-corrected chi connectivity index (χ0v) is 11.6. The van der Waals surface area contributed by atoms with Gasteiger partial charge < -0.3 is 10.2 Å². The predicted molar refractivity (Wildman–Crippen MR) is 75.4 cm³/mol. The zero-order chi connectivity index (χ0) is 14.3. The Hall–Kier alpha value is -1.19. The molecule has 2 atom stereocenters. The fraction of sp³-hybridized carbons (Fsp3) is 0.500. The van der Waals surface area contributed by atoms with E-state index in [-0.39, 0.29) is 18.9 Å². The van der Waals surface area contributed by atoms with Crippen LogP contribution in [0, 0.1) is 11.8 Å². The summed E-state index contributed by atoms with van der Waals surface area (Å²) < 4.78 is 13.9. The Morgan fingerprint density at radius 3 is 2.42 bits per heavy atom. The van der Waals surface area contributed by atoms with Gasteiger partial charge in [0, 0.05) is 18.9 Å². The van der Waals surface area contributed by atoms with Gasteiger partial charge in [0.1, 0.15) is 11.9 Å². The molecular weight excluding hydrogens is 243 g/mol. The number of hydrogen-bond acceptors (Lipinski definition) is 2. The maximum atomic E-state index is 13.9. The van der Waals surface area contributed by atoms with Crippen LogP contribution in [0.2, 0.25) is 0 Å². The summed E-state index contributed by atoms with van der Waals surface area (Å²) in [7, 11) is 0. The van der Waals surface area contributed by atoms with Gasteiger partial charge in [0.05, 0.1) is 0 Å². The van der Waals surface area contributed by atoms with Crippen molar-refractivity contribution in [1.29, 1.82) is 0 Å². The van der Waals surface area contributed by atoms with Gasteiger partial charge in [-0.25, -0.2) is 4.39 Å². The van der Waals surface area contributed by atoms with Crippen molar-refractivity contribution in [3.8, 4) is 0 Å². The lowest BCUT2D eigenvalue weighted by atomic mass is 9.96. The Labute approximate surface area is 114 Å². The Kier molecular flexibility index (Phi) is 6.74. The Balaban J connectivity index is 2.62. The lowest BCUT2D eigenvalue weighted by Crippen LogP contribution is -2.14. The third kappa shape index (κ3) is 5.99. The van der Waals surface area contributed by atoms with Crippen LogP contribution in [0.3, 0.4) is 0 Å². The maximum absolute atomic E-state index is 13.9. The Bertz CT molecular complexity index is 387. The van der Waals surface area contributed by atoms with Gasteiger partial charge in [-0.05, 0) is 24.0 Å². The predicted octanol–water partition coefficient (Wildman–Crippen LogP) is 3.10. The number of aliphatic hydroxyl groups is 2. The topological polar surface area (TPSA) is 40.5 Å². The minimum Gasteiger partial charge on any atom is -0.396 e. The molecule has 0 saturated heterocycles. The molecular formula is C16H23FO2. The summed E-state index contributed by atoms with van der Waals surface area (Å²) in [5, 5.41) is 19.0. The molecule has 0 heterocycles. The van der Waals surface area contributed by atoms with E-state index >= 15 is 0 Å². The van der Waals surface area contributed by atoms with Gasteiger partial charge in [-0.1, -0.05) is 44.2 Å². The molecule has 0 bridgehead atoms. The van der Waals surface area contributed by atoms with Crippen molar-refractivity contribution >= 4 is 0 Å². The van der Waals surface area contributed by atoms with Gasteiger partial charge in [-0.15, -0.1) is 0 Å². The van der Waals surface area contributed by atoms with Gasteiger partial charge in [0.25, 0.3) is 0 Å². The molecule has 1 aromatic rings. The van der Waals surface area contributed by atoms with Crippen LogP contribution in [0.15, 0.2) is 42.2 Å². The first-order valence-corrected chi connectivity index (χ1v) is 6.73. The molecule has 0 aliphatic carbocycles. The highest BCUT2D eigenvalue weighted by atomic mass is 19.1. The van der Waals surface area contributed by atoms with Gasteiger partial charge in [-0.2, -0.15) is 0 Å². The Morgan fingerprint density at radius 1 is 1.26 bits per heavy atom. The van der Waals surface area contributed by atoms with Crippen molar-refractivity contribution in [1.82, 2.24) is 0 Å². The van der Waals surface area contributed by atoms with Gasteiger partial charge in [0.2, 0.25) is 0 Å². The highest BCUT2D eigenvalue weighted by Crippen LogP contribution is 2.18. The molecule has 0 saturated carbocycles. The average Bonchev–Trinajstić information content (AvgIpc) is 2.38. The maximum Gasteiger partial charge on any atom is 0.125 e. The van der Waals surface area contributed by atoms with Crippen molar-refractivity contribution in [2.75, 3.05) is 6.61 Å². The average molecular weight is 266 g/mol. The monoisotopic (exact) mass is 266 g/mol. The van der Waals surface area contributed by atoms with E-state index in [1.165, 1.54) is 6.08 Å². The molecule has 0 spiro atoms. The van der Waals surface area contributed by atoms with Crippen LogP contribution >= 0.6 is 0 Å². The van der Waals surface area contributed by atoms with Crippen LogP contribution in [0.5, 0.6) is 0 Å². The van der Waals surface area contributed by atoms with Gasteiger partial charge >= 0.3 is 0 Å². The van der Waals surface area contributed by atoms with E-state index in [1.807, 2.05) is 44.2 Å². The van der Waals surface area contributed by atoms with Crippen molar-refractivity contribution in [2.24, 2.45) is 11.8 Å². The van der Waals surface area contributed by atoms with Crippen LogP contribution in [0.1, 0.15) is 25.8 Å². The second-order valence-electron chi connectivity index (χ2n) is 5.33. The number of rotatable bonds is 7. The molecule has 1 rings (SSSR count). The second kappa shape index (κ2) is 8.08. The molecule has 0 radical (unpaired) electrons. The van der Waals surface area contributed by atoms with E-state index < -0.39 is 11.9 Å². The summed E-state index contributed by atoms with van der Waals surface area (Å²) in [4.78, 5) is 0. The SMILES string of the molecule is CC(C)C[C@H](/C=C(\F)[C@H](O)Cc1ccccc1)CO. The molecule has 1 aromatic carbocycles. The molecule has 0 aliphatic heterocycles. The van der Waals surface area contributed by atoms with Crippen molar-refractivity contribution < 1.29 is 14.6 Å². The van der Waals surface area contributed by atoms with E-state index in [4.69, 9.17) is 0 Å². The van der Waals surface area contributed by atoms with Crippen LogP contribution in [-0.2, 0) is 6.42 Å². The summed E-state index contributed by atoms with van der Waals surface area (Å²) in [6.45, 7) is 3.95. The van der Waals surface area contributed by atoms with Crippen LogP contribution < -0.4 is 0 Å². The molecule has 2 N–H and O–H groups in total. The normalized spacial score (nSPS) is 15.6. The number of hydrogen-bond donors (Lipinski definition) is 2. The fourth-order valence-electron chi connectivity index (χ4n) is 2.07. The van der Waals surface area contributed by atoms with Crippen LogP contribution in [0.4, 0.5) is 4.39 Å². The van der Waals surface area contributed by atoms with Gasteiger partial charge in [0.15, 0.2) is 0 Å². The van der Waals surface area contributed by atoms with E-state index in [0.29, 0.717) is 12.3 Å². The summed E-state index contributed by atoms with van der Waals surface area (Å²) in [6.07, 6.45) is 1.18. The molecule has 0 aliphatic rings. The Morgan fingerprint density at radius 2 is 1.89 bits per heavy atom. The third-order valence-corrected chi connectivity index (χ3v) is 2.99. The first kappa shape index (κ1) is 15.9. The van der Waals surface area contributed by atoms with E-state index in [1.54, 1.807) is 0 Å². The lowest BCUT2D eigenvalue weighted by molar-refractivity contribution is 0.177. The lowest BCUT2D eigenvalue weighted by Gasteiger charge is -2.14. The fourth-order valence-corrected chi connectivity index (χ4v) is 2.07. The molecule has 3 heteroatoms. The van der Waals surface area contributed by atoms with E-state index in [0.717, 1.165) is 5.56 Å². The minimum absolute atomic E-state index is 0.0936. The summed E-state index contributed by atoms with van der Waals surface area (Å²) in [5.74, 6) is -0.401. The number of halogens is 1. The minimum atomic E-state index is -1.14. The quantitative estimate of drug-likeness (QED) is 0.796. The molecule has 106 valence electrons. The molecule has 0 fully saturated rings. The summed E-state index contributed by atoms with van der Waals surface area (Å²) in [5.41, 5.74) is 0.892. The van der Waals surface area contributed by atoms with Crippen molar-refractivity contribution in [3.05, 3.63) is 47.8 Å². The van der Waals surface area contributed by atoms with Gasteiger partial charge in [-0.3, -0.25) is 0 Å². The number of benzene rings is 1. The first-order chi connectivity index (χ1) is 9.02. The molecule has 19 heavy (non-hydrogen) atoms. The number of aliphatic hydroxyl groups excluding tert-OH is 2. The van der Waals surface area contributed by atoms with Crippen molar-refractivity contribution in [3.63, 3.8) is 0 Å². The molecule has 2 nitrogen and oxygen atoms in total. The summed E-state index contributed by atoms with van der Waals surface area (Å²) >= 11 is 0.